The molecule has 2 fully saturated rings. The van der Waals surface area contributed by atoms with Gasteiger partial charge < -0.3 is 20.7 Å². The number of rotatable bonds is 8. The van der Waals surface area contributed by atoms with Crippen molar-refractivity contribution in [3.05, 3.63) is 29.8 Å². The number of nitrogens with zero attached hydrogens (tertiary/aromatic N) is 2. The van der Waals surface area contributed by atoms with Gasteiger partial charge in [-0.2, -0.15) is 0 Å². The number of guanidine groups is 1. The van der Waals surface area contributed by atoms with Crippen molar-refractivity contribution >= 4 is 41.5 Å². The van der Waals surface area contributed by atoms with Crippen LogP contribution in [0, 0.1) is 11.8 Å². The van der Waals surface area contributed by atoms with Crippen molar-refractivity contribution in [2.24, 2.45) is 16.8 Å². The predicted molar refractivity (Wildman–Crippen MR) is 142 cm³/mol. The first-order valence-electron chi connectivity index (χ1n) is 11.7. The van der Waals surface area contributed by atoms with E-state index >= 15 is 0 Å². The van der Waals surface area contributed by atoms with Gasteiger partial charge in [-0.3, -0.25) is 14.7 Å². The number of carbonyl (C=O) groups excluding carboxylic acids is 1. The van der Waals surface area contributed by atoms with Gasteiger partial charge in [-0.25, -0.2) is 0 Å². The number of anilines is 1. The third-order valence-corrected chi connectivity index (χ3v) is 5.95. The van der Waals surface area contributed by atoms with Gasteiger partial charge in [-0.1, -0.05) is 38.8 Å². The first kappa shape index (κ1) is 26.9. The number of nitrogens with one attached hydrogen (secondary N) is 3. The van der Waals surface area contributed by atoms with Gasteiger partial charge in [0, 0.05) is 51.4 Å². The zero-order valence-electron chi connectivity index (χ0n) is 19.7. The van der Waals surface area contributed by atoms with E-state index in [1.165, 1.54) is 0 Å². The van der Waals surface area contributed by atoms with Crippen LogP contribution in [0.5, 0.6) is 0 Å². The van der Waals surface area contributed by atoms with E-state index in [0.717, 1.165) is 75.7 Å². The van der Waals surface area contributed by atoms with E-state index in [2.05, 4.69) is 45.8 Å². The molecule has 32 heavy (non-hydrogen) atoms. The molecule has 1 saturated carbocycles. The molecule has 0 spiro atoms. The molecule has 3 N–H and O–H groups in total. The molecule has 8 heteroatoms. The summed E-state index contributed by atoms with van der Waals surface area (Å²) in [6, 6.07) is 8.02. The second-order valence-electron chi connectivity index (χ2n) is 9.12. The summed E-state index contributed by atoms with van der Waals surface area (Å²) < 4.78 is 5.92. The Hall–Kier alpha value is -1.39. The Morgan fingerprint density at radius 3 is 2.75 bits per heavy atom. The molecule has 1 aromatic rings. The van der Waals surface area contributed by atoms with Gasteiger partial charge in [0.05, 0.1) is 12.7 Å². The summed E-state index contributed by atoms with van der Waals surface area (Å²) in [5.41, 5.74) is 1.96. The van der Waals surface area contributed by atoms with Crippen LogP contribution in [0.15, 0.2) is 29.3 Å². The van der Waals surface area contributed by atoms with Gasteiger partial charge in [0.15, 0.2) is 5.96 Å². The molecule has 1 aliphatic heterocycles. The smallest absolute Gasteiger partial charge is 0.227 e. The lowest BCUT2D eigenvalue weighted by molar-refractivity contribution is -0.119. The third kappa shape index (κ3) is 8.86. The van der Waals surface area contributed by atoms with E-state index in [1.54, 1.807) is 7.05 Å². The highest BCUT2D eigenvalue weighted by Crippen LogP contribution is 2.26. The first-order chi connectivity index (χ1) is 15.0. The summed E-state index contributed by atoms with van der Waals surface area (Å²) in [5.74, 6) is 1.74. The van der Waals surface area contributed by atoms with Crippen LogP contribution in [0.4, 0.5) is 5.69 Å². The van der Waals surface area contributed by atoms with Gasteiger partial charge in [0.1, 0.15) is 0 Å². The van der Waals surface area contributed by atoms with E-state index in [-0.39, 0.29) is 41.9 Å². The minimum Gasteiger partial charge on any atom is -0.374 e. The molecule has 3 rings (SSSR count). The Balaban J connectivity index is 0.00000363. The quantitative estimate of drug-likeness (QED) is 0.259. The molecule has 1 heterocycles. The van der Waals surface area contributed by atoms with Crippen LogP contribution in [0.2, 0.25) is 0 Å². The van der Waals surface area contributed by atoms with Gasteiger partial charge >= 0.3 is 0 Å². The molecule has 180 valence electrons. The lowest BCUT2D eigenvalue weighted by Gasteiger charge is -2.34. The fourth-order valence-electron chi connectivity index (χ4n) is 4.39. The summed E-state index contributed by atoms with van der Waals surface area (Å²) in [4.78, 5) is 19.2. The fourth-order valence-corrected chi connectivity index (χ4v) is 4.39. The molecule has 0 radical (unpaired) electrons. The molecule has 1 saturated heterocycles. The van der Waals surface area contributed by atoms with Crippen molar-refractivity contribution < 1.29 is 9.53 Å². The molecule has 1 aromatic carbocycles. The number of hydrogen-bond donors (Lipinski definition) is 3. The van der Waals surface area contributed by atoms with Crippen LogP contribution in [-0.2, 0) is 16.1 Å². The summed E-state index contributed by atoms with van der Waals surface area (Å²) in [5, 5.41) is 9.82. The Bertz CT molecular complexity index is 737. The van der Waals surface area contributed by atoms with Crippen molar-refractivity contribution in [2.45, 2.75) is 52.2 Å². The predicted octanol–water partition coefficient (Wildman–Crippen LogP) is 3.46. The van der Waals surface area contributed by atoms with E-state index in [9.17, 15) is 4.79 Å². The third-order valence-electron chi connectivity index (χ3n) is 5.95. The monoisotopic (exact) mass is 557 g/mol. The van der Waals surface area contributed by atoms with E-state index in [4.69, 9.17) is 4.74 Å². The summed E-state index contributed by atoms with van der Waals surface area (Å²) >= 11 is 0. The molecule has 0 bridgehead atoms. The second kappa shape index (κ2) is 14.0. The van der Waals surface area contributed by atoms with E-state index in [1.807, 2.05) is 18.2 Å². The maximum atomic E-state index is 12.4. The van der Waals surface area contributed by atoms with Gasteiger partial charge in [0.25, 0.3) is 0 Å². The average Bonchev–Trinajstić information content (AvgIpc) is 3.29. The number of aliphatic imine (C=N–C) groups is 1. The summed E-state index contributed by atoms with van der Waals surface area (Å²) in [7, 11) is 1.78. The minimum atomic E-state index is 0. The lowest BCUT2D eigenvalue weighted by Crippen LogP contribution is -2.50. The highest BCUT2D eigenvalue weighted by molar-refractivity contribution is 14.0. The largest absolute Gasteiger partial charge is 0.374 e. The number of ether oxygens (including phenoxy) is 1. The van der Waals surface area contributed by atoms with Crippen molar-refractivity contribution in [3.8, 4) is 0 Å². The van der Waals surface area contributed by atoms with Crippen LogP contribution in [0.1, 0.15) is 45.1 Å². The number of morpholine rings is 1. The standard InChI is InChI=1S/C24H39N5O2.HI/c1-18(2)16-29-11-12-31-22(17-29)15-27-24(25-3)26-14-19-7-6-10-21(13-19)28-23(30)20-8-4-5-9-20;/h6-7,10,13,18,20,22H,4-5,8-9,11-12,14-17H2,1-3H3,(H,28,30)(H2,25,26,27);1H. The molecule has 1 unspecified atom stereocenters. The highest BCUT2D eigenvalue weighted by Gasteiger charge is 2.23. The molecule has 1 atom stereocenters. The number of benzene rings is 1. The first-order valence-corrected chi connectivity index (χ1v) is 11.7. The van der Waals surface area contributed by atoms with E-state index in [0.29, 0.717) is 12.5 Å². The maximum Gasteiger partial charge on any atom is 0.227 e. The summed E-state index contributed by atoms with van der Waals surface area (Å²) in [6.07, 6.45) is 4.51. The van der Waals surface area contributed by atoms with Crippen LogP contribution in [0.3, 0.4) is 0 Å². The zero-order chi connectivity index (χ0) is 22.1. The van der Waals surface area contributed by atoms with E-state index < -0.39 is 0 Å². The van der Waals surface area contributed by atoms with Gasteiger partial charge in [-0.05, 0) is 36.5 Å². The number of hydrogen-bond acceptors (Lipinski definition) is 4. The van der Waals surface area contributed by atoms with Crippen molar-refractivity contribution in [3.63, 3.8) is 0 Å². The Morgan fingerprint density at radius 1 is 1.25 bits per heavy atom. The minimum absolute atomic E-state index is 0. The van der Waals surface area contributed by atoms with Crippen LogP contribution in [-0.4, -0.2) is 62.7 Å². The normalized spacial score (nSPS) is 20.1. The highest BCUT2D eigenvalue weighted by atomic mass is 127. The average molecular weight is 558 g/mol. The molecule has 1 amide bonds. The Labute approximate surface area is 210 Å². The Morgan fingerprint density at radius 2 is 2.03 bits per heavy atom. The van der Waals surface area contributed by atoms with Crippen molar-refractivity contribution in [1.82, 2.24) is 15.5 Å². The van der Waals surface area contributed by atoms with Gasteiger partial charge in [0.2, 0.25) is 5.91 Å². The molecule has 2 aliphatic rings. The topological polar surface area (TPSA) is 78.0 Å². The maximum absolute atomic E-state index is 12.4. The lowest BCUT2D eigenvalue weighted by atomic mass is 10.1. The molecule has 1 aliphatic carbocycles. The van der Waals surface area contributed by atoms with Crippen LogP contribution in [0.25, 0.3) is 0 Å². The van der Waals surface area contributed by atoms with Crippen molar-refractivity contribution in [1.29, 1.82) is 0 Å². The van der Waals surface area contributed by atoms with Gasteiger partial charge in [-0.15, -0.1) is 24.0 Å². The Kier molecular flexibility index (Phi) is 11.7. The molecular weight excluding hydrogens is 517 g/mol. The summed E-state index contributed by atoms with van der Waals surface area (Å²) in [6.45, 7) is 9.72. The van der Waals surface area contributed by atoms with Crippen LogP contribution < -0.4 is 16.0 Å². The number of amides is 1. The second-order valence-corrected chi connectivity index (χ2v) is 9.12. The number of carbonyl (C=O) groups is 1. The SMILES string of the molecule is CN=C(NCc1cccc(NC(=O)C2CCCC2)c1)NCC1CN(CC(C)C)CCO1.I. The molecular formula is C24H40IN5O2. The fraction of sp³-hybridized carbons (Fsp3) is 0.667. The van der Waals surface area contributed by atoms with Crippen molar-refractivity contribution in [2.75, 3.05) is 45.2 Å². The van der Waals surface area contributed by atoms with Crippen LogP contribution >= 0.6 is 24.0 Å². The number of halogens is 1. The zero-order valence-corrected chi connectivity index (χ0v) is 22.1. The molecule has 7 nitrogen and oxygen atoms in total. The molecule has 0 aromatic heterocycles.